The monoisotopic (exact) mass is 273 g/mol. The van der Waals surface area contributed by atoms with Crippen LogP contribution in [0.25, 0.3) is 10.9 Å². The molecule has 2 rings (SSSR count). The molecule has 0 bridgehead atoms. The average molecular weight is 273 g/mol. The van der Waals surface area contributed by atoms with Crippen molar-refractivity contribution < 1.29 is 0 Å². The molecule has 1 aromatic carbocycles. The number of likely N-dealkylation sites (N-methyl/N-ethyl adjacent to an activating group) is 1. The molecule has 4 nitrogen and oxygen atoms in total. The Balaban J connectivity index is 2.25. The summed E-state index contributed by atoms with van der Waals surface area (Å²) in [5.41, 5.74) is 1.96. The van der Waals surface area contributed by atoms with Gasteiger partial charge in [0.1, 0.15) is 0 Å². The molecule has 0 aliphatic heterocycles. The minimum atomic E-state index is 0.114. The number of nitrogens with one attached hydrogen (secondary N) is 1. The number of hydrogen-bond acceptors (Lipinski definition) is 3. The van der Waals surface area contributed by atoms with E-state index in [2.05, 4.69) is 16.3 Å². The fourth-order valence-corrected chi connectivity index (χ4v) is 2.35. The first-order valence-corrected chi connectivity index (χ1v) is 7.10. The lowest BCUT2D eigenvalue weighted by atomic mass is 10.1. The van der Waals surface area contributed by atoms with E-state index in [9.17, 15) is 4.79 Å². The second kappa shape index (κ2) is 6.68. The molecule has 0 amide bonds. The predicted octanol–water partition coefficient (Wildman–Crippen LogP) is 1.67. The minimum Gasteiger partial charge on any atom is -0.311 e. The fourth-order valence-electron chi connectivity index (χ4n) is 2.35. The smallest absolute Gasteiger partial charge is 0.255 e. The number of aryl methyl sites for hydroxylation is 1. The molecule has 0 atom stereocenters. The normalized spacial score (nSPS) is 11.4. The Hall–Kier alpha value is -1.65. The van der Waals surface area contributed by atoms with Gasteiger partial charge >= 0.3 is 0 Å². The number of rotatable bonds is 6. The zero-order chi connectivity index (χ0) is 14.5. The van der Waals surface area contributed by atoms with E-state index in [1.54, 1.807) is 0 Å². The van der Waals surface area contributed by atoms with E-state index in [-0.39, 0.29) is 5.56 Å². The SMILES string of the molecule is CCn1c(=O)c(CNCCN(C)C)cc2ccccc21. The summed E-state index contributed by atoms with van der Waals surface area (Å²) in [6.45, 7) is 5.18. The summed E-state index contributed by atoms with van der Waals surface area (Å²) in [5.74, 6) is 0. The molecular weight excluding hydrogens is 250 g/mol. The van der Waals surface area contributed by atoms with Gasteiger partial charge in [0, 0.05) is 31.7 Å². The summed E-state index contributed by atoms with van der Waals surface area (Å²) in [6.07, 6.45) is 0. The number of hydrogen-bond donors (Lipinski definition) is 1. The molecule has 20 heavy (non-hydrogen) atoms. The van der Waals surface area contributed by atoms with Gasteiger partial charge in [0.05, 0.1) is 5.52 Å². The Morgan fingerprint density at radius 3 is 2.70 bits per heavy atom. The van der Waals surface area contributed by atoms with Crippen molar-refractivity contribution in [1.29, 1.82) is 0 Å². The van der Waals surface area contributed by atoms with Crippen molar-refractivity contribution in [2.45, 2.75) is 20.0 Å². The van der Waals surface area contributed by atoms with Gasteiger partial charge in [-0.25, -0.2) is 0 Å². The summed E-state index contributed by atoms with van der Waals surface area (Å²) < 4.78 is 1.85. The van der Waals surface area contributed by atoms with Gasteiger partial charge in [0.25, 0.3) is 5.56 Å². The quantitative estimate of drug-likeness (QED) is 0.814. The van der Waals surface area contributed by atoms with Crippen molar-refractivity contribution in [3.63, 3.8) is 0 Å². The molecule has 0 aliphatic rings. The summed E-state index contributed by atoms with van der Waals surface area (Å²) in [4.78, 5) is 14.6. The van der Waals surface area contributed by atoms with Crippen LogP contribution in [0, 0.1) is 0 Å². The molecule has 1 heterocycles. The van der Waals surface area contributed by atoms with Crippen LogP contribution in [0.1, 0.15) is 12.5 Å². The van der Waals surface area contributed by atoms with Crippen molar-refractivity contribution in [2.24, 2.45) is 0 Å². The maximum Gasteiger partial charge on any atom is 0.255 e. The maximum atomic E-state index is 12.5. The van der Waals surface area contributed by atoms with Crippen LogP contribution in [-0.4, -0.2) is 36.7 Å². The highest BCUT2D eigenvalue weighted by Gasteiger charge is 2.07. The van der Waals surface area contributed by atoms with E-state index in [0.717, 1.165) is 29.6 Å². The van der Waals surface area contributed by atoms with Gasteiger partial charge in [-0.2, -0.15) is 0 Å². The second-order valence-corrected chi connectivity index (χ2v) is 5.26. The summed E-state index contributed by atoms with van der Waals surface area (Å²) >= 11 is 0. The van der Waals surface area contributed by atoms with Crippen molar-refractivity contribution in [1.82, 2.24) is 14.8 Å². The standard InChI is InChI=1S/C16H23N3O/c1-4-19-15-8-6-5-7-13(15)11-14(16(19)20)12-17-9-10-18(2)3/h5-8,11,17H,4,9-10,12H2,1-3H3. The highest BCUT2D eigenvalue weighted by atomic mass is 16.1. The third kappa shape index (κ3) is 3.26. The van der Waals surface area contributed by atoms with E-state index in [1.807, 2.05) is 49.9 Å². The van der Waals surface area contributed by atoms with Crippen LogP contribution < -0.4 is 10.9 Å². The number of benzene rings is 1. The number of para-hydroxylation sites is 1. The Bertz CT molecular complexity index is 631. The van der Waals surface area contributed by atoms with Crippen LogP contribution in [-0.2, 0) is 13.1 Å². The largest absolute Gasteiger partial charge is 0.311 e. The van der Waals surface area contributed by atoms with Gasteiger partial charge in [0.2, 0.25) is 0 Å². The molecule has 2 aromatic rings. The highest BCUT2D eigenvalue weighted by Crippen LogP contribution is 2.13. The van der Waals surface area contributed by atoms with Gasteiger partial charge in [0.15, 0.2) is 0 Å². The predicted molar refractivity (Wildman–Crippen MR) is 84.1 cm³/mol. The lowest BCUT2D eigenvalue weighted by Crippen LogP contribution is -2.30. The Morgan fingerprint density at radius 1 is 1.25 bits per heavy atom. The molecule has 0 radical (unpaired) electrons. The van der Waals surface area contributed by atoms with Gasteiger partial charge in [-0.1, -0.05) is 18.2 Å². The lowest BCUT2D eigenvalue weighted by Gasteiger charge is -2.13. The topological polar surface area (TPSA) is 37.3 Å². The van der Waals surface area contributed by atoms with E-state index < -0.39 is 0 Å². The number of nitrogens with zero attached hydrogens (tertiary/aromatic N) is 2. The molecule has 4 heteroatoms. The average Bonchev–Trinajstić information content (AvgIpc) is 2.44. The van der Waals surface area contributed by atoms with E-state index in [0.29, 0.717) is 13.1 Å². The van der Waals surface area contributed by atoms with Crippen LogP contribution in [0.2, 0.25) is 0 Å². The molecule has 0 saturated heterocycles. The van der Waals surface area contributed by atoms with Gasteiger partial charge in [-0.15, -0.1) is 0 Å². The Labute approximate surface area is 120 Å². The van der Waals surface area contributed by atoms with Crippen LogP contribution in [0.15, 0.2) is 35.1 Å². The second-order valence-electron chi connectivity index (χ2n) is 5.26. The summed E-state index contributed by atoms with van der Waals surface area (Å²) in [5, 5.41) is 4.46. The summed E-state index contributed by atoms with van der Waals surface area (Å²) in [6, 6.07) is 10.1. The molecular formula is C16H23N3O. The molecule has 1 aromatic heterocycles. The van der Waals surface area contributed by atoms with Crippen molar-refractivity contribution >= 4 is 10.9 Å². The minimum absolute atomic E-state index is 0.114. The fraction of sp³-hybridized carbons (Fsp3) is 0.438. The van der Waals surface area contributed by atoms with Crippen molar-refractivity contribution in [2.75, 3.05) is 27.2 Å². The van der Waals surface area contributed by atoms with Crippen LogP contribution in [0.5, 0.6) is 0 Å². The first-order chi connectivity index (χ1) is 9.63. The third-order valence-electron chi connectivity index (χ3n) is 3.44. The maximum absolute atomic E-state index is 12.5. The van der Waals surface area contributed by atoms with Crippen molar-refractivity contribution in [3.8, 4) is 0 Å². The van der Waals surface area contributed by atoms with E-state index in [4.69, 9.17) is 0 Å². The third-order valence-corrected chi connectivity index (χ3v) is 3.44. The zero-order valence-electron chi connectivity index (χ0n) is 12.5. The zero-order valence-corrected chi connectivity index (χ0v) is 12.5. The lowest BCUT2D eigenvalue weighted by molar-refractivity contribution is 0.399. The number of fused-ring (bicyclic) bond motifs is 1. The molecule has 0 unspecified atom stereocenters. The molecule has 0 fully saturated rings. The Kier molecular flexibility index (Phi) is 4.93. The first-order valence-electron chi connectivity index (χ1n) is 7.10. The molecule has 108 valence electrons. The van der Waals surface area contributed by atoms with E-state index >= 15 is 0 Å². The van der Waals surface area contributed by atoms with Gasteiger partial charge in [-0.3, -0.25) is 4.79 Å². The Morgan fingerprint density at radius 2 is 2.00 bits per heavy atom. The van der Waals surface area contributed by atoms with Gasteiger partial charge < -0.3 is 14.8 Å². The van der Waals surface area contributed by atoms with Crippen LogP contribution in [0.3, 0.4) is 0 Å². The van der Waals surface area contributed by atoms with Crippen molar-refractivity contribution in [3.05, 3.63) is 46.2 Å². The summed E-state index contributed by atoms with van der Waals surface area (Å²) in [7, 11) is 4.09. The molecule has 0 spiro atoms. The number of pyridine rings is 1. The molecule has 0 aliphatic carbocycles. The van der Waals surface area contributed by atoms with E-state index in [1.165, 1.54) is 0 Å². The first kappa shape index (κ1) is 14.8. The van der Waals surface area contributed by atoms with Crippen LogP contribution in [0.4, 0.5) is 0 Å². The molecule has 1 N–H and O–H groups in total. The number of aromatic nitrogens is 1. The van der Waals surface area contributed by atoms with Crippen LogP contribution >= 0.6 is 0 Å². The molecule has 0 saturated carbocycles. The highest BCUT2D eigenvalue weighted by molar-refractivity contribution is 5.79. The van der Waals surface area contributed by atoms with Gasteiger partial charge in [-0.05, 0) is 38.5 Å².